The van der Waals surface area contributed by atoms with Crippen molar-refractivity contribution in [3.8, 4) is 5.75 Å². The Balaban J connectivity index is 2.83. The van der Waals surface area contributed by atoms with Crippen LogP contribution in [0.4, 0.5) is 5.69 Å². The summed E-state index contributed by atoms with van der Waals surface area (Å²) in [4.78, 5) is 23.8. The molecule has 1 aromatic rings. The van der Waals surface area contributed by atoms with Gasteiger partial charge in [-0.05, 0) is 30.9 Å². The summed E-state index contributed by atoms with van der Waals surface area (Å²) >= 11 is 0. The number of rotatable bonds is 9. The van der Waals surface area contributed by atoms with E-state index in [0.717, 1.165) is 0 Å². The maximum atomic E-state index is 12.3. The van der Waals surface area contributed by atoms with Gasteiger partial charge >= 0.3 is 5.97 Å². The van der Waals surface area contributed by atoms with Gasteiger partial charge in [-0.25, -0.2) is 0 Å². The van der Waals surface area contributed by atoms with Crippen LogP contribution >= 0.6 is 0 Å². The number of hydrogen-bond donors (Lipinski definition) is 2. The molecule has 0 unspecified atom stereocenters. The van der Waals surface area contributed by atoms with Crippen LogP contribution in [0.2, 0.25) is 0 Å². The van der Waals surface area contributed by atoms with Crippen molar-refractivity contribution in [2.45, 2.75) is 47.0 Å². The summed E-state index contributed by atoms with van der Waals surface area (Å²) in [5, 5.41) is 12.2. The normalized spacial score (nSPS) is 11.3. The van der Waals surface area contributed by atoms with Crippen molar-refractivity contribution in [2.24, 2.45) is 11.3 Å². The van der Waals surface area contributed by atoms with Crippen LogP contribution in [0.25, 0.3) is 0 Å². The number of anilines is 1. The lowest BCUT2D eigenvalue weighted by Gasteiger charge is -2.26. The monoisotopic (exact) mass is 321 g/mol. The van der Waals surface area contributed by atoms with E-state index >= 15 is 0 Å². The molecule has 0 aromatic heterocycles. The summed E-state index contributed by atoms with van der Waals surface area (Å²) in [6.07, 6.45) is 0.781. The SMILES string of the molecule is CCC(CC)(CC(=O)Nc1ccccc1OCC(C)C)C(=O)O. The van der Waals surface area contributed by atoms with Crippen LogP contribution in [0, 0.1) is 11.3 Å². The molecule has 0 aliphatic heterocycles. The van der Waals surface area contributed by atoms with E-state index in [4.69, 9.17) is 4.74 Å². The number of aliphatic carboxylic acids is 1. The first-order valence-corrected chi connectivity index (χ1v) is 8.09. The second-order valence-corrected chi connectivity index (χ2v) is 6.22. The fourth-order valence-electron chi connectivity index (χ4n) is 2.33. The van der Waals surface area contributed by atoms with Crippen LogP contribution in [0.15, 0.2) is 24.3 Å². The lowest BCUT2D eigenvalue weighted by atomic mass is 9.79. The first kappa shape index (κ1) is 19.0. The molecule has 0 fully saturated rings. The van der Waals surface area contributed by atoms with Gasteiger partial charge in [0.15, 0.2) is 0 Å². The highest BCUT2D eigenvalue weighted by Crippen LogP contribution is 2.32. The van der Waals surface area contributed by atoms with Crippen LogP contribution in [0.1, 0.15) is 47.0 Å². The van der Waals surface area contributed by atoms with Crippen LogP contribution in [0.3, 0.4) is 0 Å². The lowest BCUT2D eigenvalue weighted by Crippen LogP contribution is -2.34. The number of nitrogens with one attached hydrogen (secondary N) is 1. The second kappa shape index (κ2) is 8.56. The maximum absolute atomic E-state index is 12.3. The Morgan fingerprint density at radius 1 is 1.22 bits per heavy atom. The van der Waals surface area contributed by atoms with Crippen molar-refractivity contribution < 1.29 is 19.4 Å². The van der Waals surface area contributed by atoms with E-state index in [1.807, 2.05) is 26.0 Å². The van der Waals surface area contributed by atoms with Gasteiger partial charge in [0.25, 0.3) is 0 Å². The van der Waals surface area contributed by atoms with E-state index in [2.05, 4.69) is 5.32 Å². The van der Waals surface area contributed by atoms with Crippen molar-refractivity contribution in [3.05, 3.63) is 24.3 Å². The molecule has 0 aliphatic carbocycles. The molecule has 0 saturated carbocycles. The fourth-order valence-corrected chi connectivity index (χ4v) is 2.33. The largest absolute Gasteiger partial charge is 0.491 e. The summed E-state index contributed by atoms with van der Waals surface area (Å²) in [7, 11) is 0. The zero-order valence-electron chi connectivity index (χ0n) is 14.4. The highest BCUT2D eigenvalue weighted by molar-refractivity contribution is 5.95. The summed E-state index contributed by atoms with van der Waals surface area (Å²) in [6.45, 7) is 8.24. The Bertz CT molecular complexity index is 536. The molecule has 0 saturated heterocycles. The van der Waals surface area contributed by atoms with Crippen molar-refractivity contribution >= 4 is 17.6 Å². The molecule has 0 aliphatic rings. The summed E-state index contributed by atoms with van der Waals surface area (Å²) < 4.78 is 5.70. The molecule has 2 N–H and O–H groups in total. The molecule has 128 valence electrons. The smallest absolute Gasteiger partial charge is 0.310 e. The molecule has 0 heterocycles. The van der Waals surface area contributed by atoms with Gasteiger partial charge in [-0.15, -0.1) is 0 Å². The molecule has 0 bridgehead atoms. The van der Waals surface area contributed by atoms with E-state index in [1.54, 1.807) is 26.0 Å². The van der Waals surface area contributed by atoms with Crippen molar-refractivity contribution in [2.75, 3.05) is 11.9 Å². The van der Waals surface area contributed by atoms with Gasteiger partial charge in [0.2, 0.25) is 5.91 Å². The first-order chi connectivity index (χ1) is 10.8. The number of benzene rings is 1. The first-order valence-electron chi connectivity index (χ1n) is 8.09. The fraction of sp³-hybridized carbons (Fsp3) is 0.556. The maximum Gasteiger partial charge on any atom is 0.310 e. The van der Waals surface area contributed by atoms with Crippen LogP contribution in [0.5, 0.6) is 5.75 Å². The standard InChI is InChI=1S/C18H27NO4/c1-5-18(6-2,17(21)22)11-16(20)19-14-9-7-8-10-15(14)23-12-13(3)4/h7-10,13H,5-6,11-12H2,1-4H3,(H,19,20)(H,21,22). The van der Waals surface area contributed by atoms with Gasteiger partial charge in [0.1, 0.15) is 5.75 Å². The molecule has 1 amide bonds. The van der Waals surface area contributed by atoms with E-state index < -0.39 is 11.4 Å². The molecule has 0 atom stereocenters. The van der Waals surface area contributed by atoms with Gasteiger partial charge in [0.05, 0.1) is 17.7 Å². The van der Waals surface area contributed by atoms with Crippen LogP contribution in [-0.4, -0.2) is 23.6 Å². The second-order valence-electron chi connectivity index (χ2n) is 6.22. The molecule has 0 spiro atoms. The number of hydrogen-bond acceptors (Lipinski definition) is 3. The molecule has 0 radical (unpaired) electrons. The molecule has 23 heavy (non-hydrogen) atoms. The quantitative estimate of drug-likeness (QED) is 0.722. The Morgan fingerprint density at radius 3 is 2.35 bits per heavy atom. The van der Waals surface area contributed by atoms with Crippen LogP contribution in [-0.2, 0) is 9.59 Å². The van der Waals surface area contributed by atoms with Crippen molar-refractivity contribution in [1.82, 2.24) is 0 Å². The number of carboxylic acids is 1. The molecule has 1 rings (SSSR count). The molecule has 1 aromatic carbocycles. The van der Waals surface area contributed by atoms with Crippen LogP contribution < -0.4 is 10.1 Å². The molecule has 5 heteroatoms. The average molecular weight is 321 g/mol. The number of carbonyl (C=O) groups excluding carboxylic acids is 1. The summed E-state index contributed by atoms with van der Waals surface area (Å²) in [5.74, 6) is -0.263. The van der Waals surface area contributed by atoms with Gasteiger partial charge in [-0.2, -0.15) is 0 Å². The third-order valence-corrected chi connectivity index (χ3v) is 4.04. The van der Waals surface area contributed by atoms with E-state index in [1.165, 1.54) is 0 Å². The molecule has 5 nitrogen and oxygen atoms in total. The zero-order valence-corrected chi connectivity index (χ0v) is 14.4. The van der Waals surface area contributed by atoms with E-state index in [-0.39, 0.29) is 12.3 Å². The predicted octanol–water partition coefficient (Wildman–Crippen LogP) is 3.94. The summed E-state index contributed by atoms with van der Waals surface area (Å²) in [5.41, 5.74) is -0.442. The number of para-hydroxylation sites is 2. The highest BCUT2D eigenvalue weighted by Gasteiger charge is 2.37. The van der Waals surface area contributed by atoms with Gasteiger partial charge in [-0.3, -0.25) is 9.59 Å². The number of carbonyl (C=O) groups is 2. The third-order valence-electron chi connectivity index (χ3n) is 4.04. The zero-order chi connectivity index (χ0) is 17.5. The predicted molar refractivity (Wildman–Crippen MR) is 90.7 cm³/mol. The summed E-state index contributed by atoms with van der Waals surface area (Å²) in [6, 6.07) is 7.20. The van der Waals surface area contributed by atoms with Gasteiger partial charge in [-0.1, -0.05) is 39.8 Å². The number of amides is 1. The Kier molecular flexibility index (Phi) is 7.07. The minimum Gasteiger partial charge on any atom is -0.491 e. The number of carboxylic acid groups (broad SMARTS) is 1. The topological polar surface area (TPSA) is 75.6 Å². The Labute approximate surface area is 138 Å². The molecular formula is C18H27NO4. The van der Waals surface area contributed by atoms with Crippen molar-refractivity contribution in [1.29, 1.82) is 0 Å². The highest BCUT2D eigenvalue weighted by atomic mass is 16.5. The minimum absolute atomic E-state index is 0.0478. The minimum atomic E-state index is -1.02. The van der Waals surface area contributed by atoms with Gasteiger partial charge in [0, 0.05) is 6.42 Å². The van der Waals surface area contributed by atoms with Gasteiger partial charge < -0.3 is 15.2 Å². The Hall–Kier alpha value is -2.04. The van der Waals surface area contributed by atoms with E-state index in [9.17, 15) is 14.7 Å². The average Bonchev–Trinajstić information content (AvgIpc) is 2.51. The third kappa shape index (κ3) is 5.27. The lowest BCUT2D eigenvalue weighted by molar-refractivity contribution is -0.151. The Morgan fingerprint density at radius 2 is 1.83 bits per heavy atom. The van der Waals surface area contributed by atoms with Crippen molar-refractivity contribution in [3.63, 3.8) is 0 Å². The molecular weight excluding hydrogens is 294 g/mol. The van der Waals surface area contributed by atoms with E-state index in [0.29, 0.717) is 36.8 Å². The number of ether oxygens (including phenoxy) is 1.